The van der Waals surface area contributed by atoms with E-state index in [1.165, 1.54) is 3.57 Å². The summed E-state index contributed by atoms with van der Waals surface area (Å²) in [4.78, 5) is 0. The number of aliphatic hydroxyl groups is 1. The van der Waals surface area contributed by atoms with Crippen molar-refractivity contribution in [2.45, 2.75) is 12.1 Å². The van der Waals surface area contributed by atoms with E-state index in [2.05, 4.69) is 27.9 Å². The van der Waals surface area contributed by atoms with Gasteiger partial charge in [-0.25, -0.2) is 0 Å². The highest BCUT2D eigenvalue weighted by Gasteiger charge is 2.25. The van der Waals surface area contributed by atoms with Crippen molar-refractivity contribution in [3.05, 3.63) is 27.8 Å². The first-order valence-electron chi connectivity index (χ1n) is 4.53. The SMILES string of the molecule is OC1COCC1Nc1ccc(I)cc1. The van der Waals surface area contributed by atoms with Gasteiger partial charge in [-0.3, -0.25) is 0 Å². The molecule has 0 radical (unpaired) electrons. The van der Waals surface area contributed by atoms with E-state index < -0.39 is 6.10 Å². The van der Waals surface area contributed by atoms with E-state index in [-0.39, 0.29) is 6.04 Å². The Morgan fingerprint density at radius 2 is 2.00 bits per heavy atom. The van der Waals surface area contributed by atoms with Crippen molar-refractivity contribution in [2.75, 3.05) is 18.5 Å². The van der Waals surface area contributed by atoms with Crippen LogP contribution in [0.4, 0.5) is 5.69 Å². The summed E-state index contributed by atoms with van der Waals surface area (Å²) in [6.45, 7) is 1.01. The van der Waals surface area contributed by atoms with Crippen LogP contribution >= 0.6 is 22.6 Å². The Morgan fingerprint density at radius 1 is 1.29 bits per heavy atom. The fourth-order valence-corrected chi connectivity index (χ4v) is 1.80. The Morgan fingerprint density at radius 3 is 2.57 bits per heavy atom. The maximum Gasteiger partial charge on any atom is 0.0996 e. The molecule has 2 N–H and O–H groups in total. The lowest BCUT2D eigenvalue weighted by molar-refractivity contribution is 0.125. The van der Waals surface area contributed by atoms with Crippen LogP contribution in [0.25, 0.3) is 0 Å². The van der Waals surface area contributed by atoms with E-state index in [1.54, 1.807) is 0 Å². The lowest BCUT2D eigenvalue weighted by Crippen LogP contribution is -2.31. The molecular formula is C10H12INO2. The second-order valence-corrected chi connectivity index (χ2v) is 4.61. The average molecular weight is 305 g/mol. The fraction of sp³-hybridized carbons (Fsp3) is 0.400. The van der Waals surface area contributed by atoms with Gasteiger partial charge in [-0.1, -0.05) is 0 Å². The Bertz CT molecular complexity index is 301. The monoisotopic (exact) mass is 305 g/mol. The number of rotatable bonds is 2. The van der Waals surface area contributed by atoms with Gasteiger partial charge in [0.15, 0.2) is 0 Å². The van der Waals surface area contributed by atoms with E-state index in [0.717, 1.165) is 5.69 Å². The highest BCUT2D eigenvalue weighted by molar-refractivity contribution is 14.1. The molecule has 0 spiro atoms. The van der Waals surface area contributed by atoms with E-state index in [1.807, 2.05) is 24.3 Å². The predicted molar refractivity (Wildman–Crippen MR) is 63.4 cm³/mol. The van der Waals surface area contributed by atoms with Gasteiger partial charge < -0.3 is 15.2 Å². The third-order valence-corrected chi connectivity index (χ3v) is 2.97. The minimum atomic E-state index is -0.394. The molecule has 76 valence electrons. The highest BCUT2D eigenvalue weighted by Crippen LogP contribution is 2.15. The number of nitrogens with one attached hydrogen (secondary N) is 1. The van der Waals surface area contributed by atoms with Crippen molar-refractivity contribution in [1.29, 1.82) is 0 Å². The third-order valence-electron chi connectivity index (χ3n) is 2.25. The zero-order valence-electron chi connectivity index (χ0n) is 7.61. The van der Waals surface area contributed by atoms with Crippen LogP contribution in [0.1, 0.15) is 0 Å². The average Bonchev–Trinajstić information content (AvgIpc) is 2.56. The van der Waals surface area contributed by atoms with Crippen molar-refractivity contribution in [2.24, 2.45) is 0 Å². The molecule has 1 saturated heterocycles. The van der Waals surface area contributed by atoms with Crippen LogP contribution in [0.3, 0.4) is 0 Å². The Labute approximate surface area is 96.6 Å². The van der Waals surface area contributed by atoms with Gasteiger partial charge in [-0.15, -0.1) is 0 Å². The number of aliphatic hydroxyl groups excluding tert-OH is 1. The summed E-state index contributed by atoms with van der Waals surface area (Å²) in [5.41, 5.74) is 1.03. The number of hydrogen-bond donors (Lipinski definition) is 2. The standard InChI is InChI=1S/C10H12INO2/c11-7-1-3-8(4-2-7)12-9-5-14-6-10(9)13/h1-4,9-10,12-13H,5-6H2. The maximum atomic E-state index is 9.52. The van der Waals surface area contributed by atoms with Gasteiger partial charge in [0.25, 0.3) is 0 Å². The first kappa shape index (κ1) is 10.2. The van der Waals surface area contributed by atoms with Crippen molar-refractivity contribution in [1.82, 2.24) is 0 Å². The molecule has 0 amide bonds. The van der Waals surface area contributed by atoms with Crippen LogP contribution < -0.4 is 5.32 Å². The van der Waals surface area contributed by atoms with Gasteiger partial charge in [0.05, 0.1) is 25.4 Å². The largest absolute Gasteiger partial charge is 0.388 e. The predicted octanol–water partition coefficient (Wildman–Crippen LogP) is 1.46. The summed E-state index contributed by atoms with van der Waals surface area (Å²) >= 11 is 2.26. The van der Waals surface area contributed by atoms with E-state index in [9.17, 15) is 5.11 Å². The topological polar surface area (TPSA) is 41.5 Å². The van der Waals surface area contributed by atoms with Crippen LogP contribution in [0.5, 0.6) is 0 Å². The first-order valence-corrected chi connectivity index (χ1v) is 5.61. The molecule has 0 saturated carbocycles. The molecule has 0 aromatic heterocycles. The Hall–Kier alpha value is -0.330. The molecule has 4 heteroatoms. The van der Waals surface area contributed by atoms with Gasteiger partial charge in [0, 0.05) is 9.26 Å². The molecule has 1 aromatic rings. The molecule has 2 unspecified atom stereocenters. The van der Waals surface area contributed by atoms with Crippen LogP contribution in [-0.4, -0.2) is 30.5 Å². The second kappa shape index (κ2) is 4.46. The van der Waals surface area contributed by atoms with Crippen LogP contribution in [0, 0.1) is 3.57 Å². The third kappa shape index (κ3) is 2.37. The van der Waals surface area contributed by atoms with E-state index in [4.69, 9.17) is 4.74 Å². The van der Waals surface area contributed by atoms with Crippen LogP contribution in [0.15, 0.2) is 24.3 Å². The van der Waals surface area contributed by atoms with Crippen molar-refractivity contribution >= 4 is 28.3 Å². The first-order chi connectivity index (χ1) is 6.75. The highest BCUT2D eigenvalue weighted by atomic mass is 127. The smallest absolute Gasteiger partial charge is 0.0996 e. The van der Waals surface area contributed by atoms with Crippen LogP contribution in [0.2, 0.25) is 0 Å². The minimum Gasteiger partial charge on any atom is -0.388 e. The van der Waals surface area contributed by atoms with Gasteiger partial charge in [-0.05, 0) is 46.9 Å². The second-order valence-electron chi connectivity index (χ2n) is 3.36. The summed E-state index contributed by atoms with van der Waals surface area (Å²) in [6, 6.07) is 8.10. The number of ether oxygens (including phenoxy) is 1. The Balaban J connectivity index is 2.00. The molecule has 1 fully saturated rings. The van der Waals surface area contributed by atoms with Crippen LogP contribution in [-0.2, 0) is 4.74 Å². The van der Waals surface area contributed by atoms with Crippen molar-refractivity contribution in [3.63, 3.8) is 0 Å². The van der Waals surface area contributed by atoms with Crippen molar-refractivity contribution < 1.29 is 9.84 Å². The zero-order valence-corrected chi connectivity index (χ0v) is 9.77. The van der Waals surface area contributed by atoms with Crippen molar-refractivity contribution in [3.8, 4) is 0 Å². The fourth-order valence-electron chi connectivity index (χ4n) is 1.44. The minimum absolute atomic E-state index is 0.0232. The molecular weight excluding hydrogens is 293 g/mol. The molecule has 0 aliphatic carbocycles. The summed E-state index contributed by atoms with van der Waals surface area (Å²) < 4.78 is 6.36. The normalized spacial score (nSPS) is 26.4. The summed E-state index contributed by atoms with van der Waals surface area (Å²) in [6.07, 6.45) is -0.394. The molecule has 0 bridgehead atoms. The number of hydrogen-bond acceptors (Lipinski definition) is 3. The molecule has 3 nitrogen and oxygen atoms in total. The Kier molecular flexibility index (Phi) is 3.25. The van der Waals surface area contributed by atoms with Gasteiger partial charge in [0.1, 0.15) is 0 Å². The maximum absolute atomic E-state index is 9.52. The summed E-state index contributed by atoms with van der Waals surface area (Å²) in [7, 11) is 0. The van der Waals surface area contributed by atoms with Gasteiger partial charge in [-0.2, -0.15) is 0 Å². The van der Waals surface area contributed by atoms with E-state index >= 15 is 0 Å². The molecule has 2 rings (SSSR count). The number of benzene rings is 1. The van der Waals surface area contributed by atoms with Gasteiger partial charge >= 0.3 is 0 Å². The summed E-state index contributed by atoms with van der Waals surface area (Å²) in [5.74, 6) is 0. The number of halogens is 1. The number of anilines is 1. The molecule has 1 heterocycles. The lowest BCUT2D eigenvalue weighted by atomic mass is 10.2. The molecule has 2 atom stereocenters. The summed E-state index contributed by atoms with van der Waals surface area (Å²) in [5, 5.41) is 12.8. The van der Waals surface area contributed by atoms with E-state index in [0.29, 0.717) is 13.2 Å². The quantitative estimate of drug-likeness (QED) is 0.813. The molecule has 1 aromatic carbocycles. The lowest BCUT2D eigenvalue weighted by Gasteiger charge is -2.15. The molecule has 1 aliphatic heterocycles. The van der Waals surface area contributed by atoms with Gasteiger partial charge in [0.2, 0.25) is 0 Å². The zero-order chi connectivity index (χ0) is 9.97. The molecule has 1 aliphatic rings. The molecule has 14 heavy (non-hydrogen) atoms.